The molecule has 11 heteroatoms. The van der Waals surface area contributed by atoms with Gasteiger partial charge in [0.1, 0.15) is 11.8 Å². The number of phenolic OH excluding ortho intramolecular Hbond substituents is 1. The van der Waals surface area contributed by atoms with Crippen LogP contribution in [0.2, 0.25) is 10.0 Å². The molecular weight excluding hydrogens is 685 g/mol. The molecule has 3 heterocycles. The van der Waals surface area contributed by atoms with Gasteiger partial charge in [0, 0.05) is 51.5 Å². The Bertz CT molecular complexity index is 1740. The number of phenols is 1. The van der Waals surface area contributed by atoms with Gasteiger partial charge in [0.25, 0.3) is 0 Å². The van der Waals surface area contributed by atoms with Crippen LogP contribution in [0.1, 0.15) is 64.8 Å². The maximum absolute atomic E-state index is 12.3. The Morgan fingerprint density at radius 1 is 1.00 bits per heavy atom. The van der Waals surface area contributed by atoms with E-state index in [9.17, 15) is 14.7 Å². The number of fused-ring (bicyclic) bond motifs is 1. The normalized spacial score (nSPS) is 19.8. The van der Waals surface area contributed by atoms with E-state index in [0.29, 0.717) is 35.1 Å². The van der Waals surface area contributed by atoms with Gasteiger partial charge < -0.3 is 24.4 Å². The molecule has 4 atom stereocenters. The predicted octanol–water partition coefficient (Wildman–Crippen LogP) is 8.93. The molecule has 49 heavy (non-hydrogen) atoms. The van der Waals surface area contributed by atoms with Crippen LogP contribution in [-0.4, -0.2) is 47.3 Å². The number of ether oxygens (including phenoxy) is 3. The molecule has 258 valence electrons. The first kappa shape index (κ1) is 36.6. The van der Waals surface area contributed by atoms with Crippen LogP contribution in [0.4, 0.5) is 0 Å². The predicted molar refractivity (Wildman–Crippen MR) is 191 cm³/mol. The first-order valence-corrected chi connectivity index (χ1v) is 17.7. The van der Waals surface area contributed by atoms with Gasteiger partial charge in [-0.15, -0.1) is 11.3 Å². The molecular formula is C38H39Cl2NO7S. The molecule has 0 saturated carbocycles. The summed E-state index contributed by atoms with van der Waals surface area (Å²) in [5.41, 5.74) is 3.56. The number of carboxylic acid groups (broad SMARTS) is 1. The number of nitrogens with zero attached hydrogens (tertiary/aromatic N) is 1. The van der Waals surface area contributed by atoms with E-state index < -0.39 is 18.3 Å². The number of esters is 1. The van der Waals surface area contributed by atoms with E-state index >= 15 is 0 Å². The number of hydrogen-bond donors (Lipinski definition) is 2. The lowest BCUT2D eigenvalue weighted by Crippen LogP contribution is -2.38. The van der Waals surface area contributed by atoms with E-state index in [1.54, 1.807) is 29.5 Å². The summed E-state index contributed by atoms with van der Waals surface area (Å²) in [6.45, 7) is 2.01. The lowest BCUT2D eigenvalue weighted by atomic mass is 9.91. The average Bonchev–Trinajstić information content (AvgIpc) is 3.58. The summed E-state index contributed by atoms with van der Waals surface area (Å²) in [5, 5.41) is 22.3. The smallest absolute Gasteiger partial charge is 0.327 e. The van der Waals surface area contributed by atoms with Gasteiger partial charge in [-0.1, -0.05) is 90.0 Å². The molecule has 3 aromatic carbocycles. The van der Waals surface area contributed by atoms with Crippen LogP contribution in [0.25, 0.3) is 0 Å². The molecule has 1 fully saturated rings. The monoisotopic (exact) mass is 723 g/mol. The summed E-state index contributed by atoms with van der Waals surface area (Å²) in [6, 6.07) is 23.6. The highest BCUT2D eigenvalue weighted by atomic mass is 35.5. The van der Waals surface area contributed by atoms with Gasteiger partial charge in [0.2, 0.25) is 0 Å². The number of rotatable bonds is 10. The van der Waals surface area contributed by atoms with Crippen LogP contribution in [0.5, 0.6) is 5.75 Å². The number of carboxylic acids is 1. The van der Waals surface area contributed by atoms with E-state index in [4.69, 9.17) is 42.5 Å². The van der Waals surface area contributed by atoms with Crippen molar-refractivity contribution in [3.05, 3.63) is 134 Å². The molecule has 2 N–H and O–H groups in total. The van der Waals surface area contributed by atoms with Crippen molar-refractivity contribution in [2.24, 2.45) is 5.92 Å². The van der Waals surface area contributed by atoms with Crippen LogP contribution < -0.4 is 0 Å². The molecule has 1 saturated heterocycles. The molecule has 0 amide bonds. The summed E-state index contributed by atoms with van der Waals surface area (Å²) in [4.78, 5) is 26.5. The van der Waals surface area contributed by atoms with Crippen molar-refractivity contribution in [2.75, 3.05) is 20.3 Å². The summed E-state index contributed by atoms with van der Waals surface area (Å²) >= 11 is 14.4. The Labute approximate surface area is 300 Å². The number of methoxy groups -OCH3 is 1. The molecule has 8 nitrogen and oxygen atoms in total. The standard InChI is InChI=1S/C22H23ClO5.C16H16ClNO2S/c23-18-11-6-4-9-16(18)22-27-14-15(8-2-1-3-13-20(25)26)21(28-22)17-10-5-7-12-19(17)24;1-20-16(19)15(12-4-2-3-5-13(12)17)18-8-6-14-11(10-18)7-9-21-14/h1-2,4-7,9-12,15,21-22,24H,3,8,13-14H2,(H,25,26);2-5,7,9,15H,6,8,10H2,1H3/b2-1-;/t15-,21+,22+;15-/m10/s1. The quantitative estimate of drug-likeness (QED) is 0.123. The number of hydrogen-bond acceptors (Lipinski definition) is 8. The number of carbonyl (C=O) groups excluding carboxylic acids is 1. The molecule has 0 spiro atoms. The Morgan fingerprint density at radius 3 is 2.43 bits per heavy atom. The second-order valence-corrected chi connectivity index (χ2v) is 13.6. The summed E-state index contributed by atoms with van der Waals surface area (Å²) in [6.07, 6.45) is 5.00. The Morgan fingerprint density at radius 2 is 1.71 bits per heavy atom. The first-order chi connectivity index (χ1) is 23.8. The third-order valence-electron chi connectivity index (χ3n) is 8.52. The zero-order valence-electron chi connectivity index (χ0n) is 27.0. The second-order valence-electron chi connectivity index (χ2n) is 11.7. The highest BCUT2D eigenvalue weighted by molar-refractivity contribution is 7.10. The minimum Gasteiger partial charge on any atom is -0.508 e. The fraction of sp³-hybridized carbons (Fsp3) is 0.316. The van der Waals surface area contributed by atoms with Crippen molar-refractivity contribution in [1.82, 2.24) is 4.90 Å². The van der Waals surface area contributed by atoms with Crippen LogP contribution >= 0.6 is 34.5 Å². The zero-order chi connectivity index (χ0) is 34.8. The van der Waals surface area contributed by atoms with Gasteiger partial charge in [-0.25, -0.2) is 4.79 Å². The Kier molecular flexibility index (Phi) is 13.3. The van der Waals surface area contributed by atoms with Crippen molar-refractivity contribution >= 4 is 46.5 Å². The minimum atomic E-state index is -0.816. The van der Waals surface area contributed by atoms with Crippen molar-refractivity contribution in [1.29, 1.82) is 0 Å². The van der Waals surface area contributed by atoms with Gasteiger partial charge in [-0.2, -0.15) is 0 Å². The fourth-order valence-corrected chi connectivity index (χ4v) is 7.38. The topological polar surface area (TPSA) is 106 Å². The highest BCUT2D eigenvalue weighted by Crippen LogP contribution is 2.43. The van der Waals surface area contributed by atoms with Crippen molar-refractivity contribution in [3.8, 4) is 5.75 Å². The highest BCUT2D eigenvalue weighted by Gasteiger charge is 2.35. The molecule has 4 aromatic rings. The van der Waals surface area contributed by atoms with E-state index in [-0.39, 0.29) is 30.2 Å². The van der Waals surface area contributed by atoms with E-state index in [0.717, 1.165) is 30.6 Å². The van der Waals surface area contributed by atoms with Crippen molar-refractivity contribution < 1.29 is 34.0 Å². The number of aliphatic carboxylic acids is 1. The van der Waals surface area contributed by atoms with Gasteiger partial charge >= 0.3 is 11.9 Å². The lowest BCUT2D eigenvalue weighted by molar-refractivity contribution is -0.244. The molecule has 2 aliphatic rings. The maximum Gasteiger partial charge on any atom is 0.327 e. The molecule has 0 radical (unpaired) electrons. The number of thiophene rings is 1. The lowest BCUT2D eigenvalue weighted by Gasteiger charge is -2.37. The number of carbonyl (C=O) groups is 2. The molecule has 0 unspecified atom stereocenters. The summed E-state index contributed by atoms with van der Waals surface area (Å²) in [5.74, 6) is -0.925. The number of halogens is 2. The van der Waals surface area contributed by atoms with Crippen LogP contribution in [0, 0.1) is 5.92 Å². The van der Waals surface area contributed by atoms with E-state index in [1.807, 2.05) is 66.7 Å². The Hall–Kier alpha value is -3.70. The van der Waals surface area contributed by atoms with Gasteiger partial charge in [0.15, 0.2) is 6.29 Å². The number of para-hydroxylation sites is 1. The largest absolute Gasteiger partial charge is 0.508 e. The van der Waals surface area contributed by atoms with Crippen LogP contribution in [-0.2, 0) is 36.8 Å². The Balaban J connectivity index is 0.000000199. The number of benzene rings is 3. The van der Waals surface area contributed by atoms with Crippen molar-refractivity contribution in [3.63, 3.8) is 0 Å². The zero-order valence-corrected chi connectivity index (χ0v) is 29.4. The van der Waals surface area contributed by atoms with E-state index in [1.165, 1.54) is 17.6 Å². The molecule has 0 bridgehead atoms. The maximum atomic E-state index is 12.3. The fourth-order valence-electron chi connectivity index (χ4n) is 6.03. The third kappa shape index (κ3) is 9.51. The first-order valence-electron chi connectivity index (χ1n) is 16.0. The van der Waals surface area contributed by atoms with Crippen LogP contribution in [0.15, 0.2) is 96.4 Å². The van der Waals surface area contributed by atoms with Crippen LogP contribution in [0.3, 0.4) is 0 Å². The molecule has 0 aliphatic carbocycles. The molecule has 2 aliphatic heterocycles. The van der Waals surface area contributed by atoms with Gasteiger partial charge in [-0.05, 0) is 60.0 Å². The second kappa shape index (κ2) is 17.8. The SMILES string of the molecule is COC(=O)[C@H](c1ccccc1Cl)N1CCc2sccc2C1.O=C(O)CC/C=C\C[C@@H]1CO[C@H](c2ccccc2Cl)O[C@@H]1c1ccccc1O. The molecule has 6 rings (SSSR count). The average molecular weight is 725 g/mol. The van der Waals surface area contributed by atoms with Gasteiger partial charge in [0.05, 0.1) is 19.8 Å². The minimum absolute atomic E-state index is 0.0203. The number of allylic oxidation sites excluding steroid dienone is 2. The summed E-state index contributed by atoms with van der Waals surface area (Å²) < 4.78 is 17.2. The summed E-state index contributed by atoms with van der Waals surface area (Å²) in [7, 11) is 1.42. The van der Waals surface area contributed by atoms with Crippen molar-refractivity contribution in [2.45, 2.75) is 50.7 Å². The third-order valence-corrected chi connectivity index (χ3v) is 10.2. The van der Waals surface area contributed by atoms with E-state index in [2.05, 4.69) is 16.3 Å². The number of aromatic hydroxyl groups is 1. The molecule has 1 aromatic heterocycles. The van der Waals surface area contributed by atoms with Gasteiger partial charge in [-0.3, -0.25) is 9.69 Å².